The highest BCUT2D eigenvalue weighted by Gasteiger charge is 2.16. The largest absolute Gasteiger partial charge is 0.426 e. The molecule has 6 heteroatoms. The van der Waals surface area contributed by atoms with Crippen LogP contribution in [0.1, 0.15) is 0 Å². The molecule has 3 aromatic rings. The Morgan fingerprint density at radius 3 is 2.37 bits per heavy atom. The van der Waals surface area contributed by atoms with Gasteiger partial charge in [0.1, 0.15) is 16.7 Å². The molecule has 19 heavy (non-hydrogen) atoms. The average molecular weight is 257 g/mol. The Morgan fingerprint density at radius 2 is 1.68 bits per heavy atom. The van der Waals surface area contributed by atoms with Crippen LogP contribution in [0.5, 0.6) is 0 Å². The second kappa shape index (κ2) is 4.27. The first-order valence-electron chi connectivity index (χ1n) is 5.62. The summed E-state index contributed by atoms with van der Waals surface area (Å²) in [4.78, 5) is 4.26. The number of para-hydroxylation sites is 1. The minimum atomic E-state index is -0.00981. The number of hydrogen-bond acceptors (Lipinski definition) is 5. The van der Waals surface area contributed by atoms with E-state index in [-0.39, 0.29) is 10.9 Å². The maximum Gasteiger partial charge on any atom is 0.176 e. The lowest BCUT2D eigenvalue weighted by molar-refractivity contribution is 0.0299. The summed E-state index contributed by atoms with van der Waals surface area (Å²) in [5.74, 6) is 0.338. The van der Waals surface area contributed by atoms with Gasteiger partial charge in [-0.2, -0.15) is 4.73 Å². The second-order valence-corrected chi connectivity index (χ2v) is 4.05. The van der Waals surface area contributed by atoms with Crippen LogP contribution in [0.2, 0.25) is 0 Å². The Labute approximate surface area is 108 Å². The number of fused-ring (bicyclic) bond motifs is 1. The summed E-state index contributed by atoms with van der Waals surface area (Å²) < 4.78 is 0.928. The van der Waals surface area contributed by atoms with Crippen molar-refractivity contribution < 1.29 is 15.6 Å². The van der Waals surface area contributed by atoms with Crippen molar-refractivity contribution in [2.24, 2.45) is 0 Å². The van der Waals surface area contributed by atoms with Crippen LogP contribution in [-0.2, 0) is 0 Å². The number of benzene rings is 2. The number of imidazole rings is 1. The van der Waals surface area contributed by atoms with Gasteiger partial charge in [-0.25, -0.2) is 4.98 Å². The van der Waals surface area contributed by atoms with Crippen molar-refractivity contribution in [2.75, 3.05) is 5.23 Å². The van der Waals surface area contributed by atoms with Crippen LogP contribution < -0.4 is 5.23 Å². The molecule has 1 heterocycles. The topological polar surface area (TPSA) is 81.8 Å². The summed E-state index contributed by atoms with van der Waals surface area (Å²) >= 11 is 0. The highest BCUT2D eigenvalue weighted by molar-refractivity contribution is 5.90. The van der Waals surface area contributed by atoms with E-state index < -0.39 is 0 Å². The van der Waals surface area contributed by atoms with Gasteiger partial charge >= 0.3 is 0 Å². The molecule has 0 radical (unpaired) electrons. The Bertz CT molecular complexity index is 723. The van der Waals surface area contributed by atoms with Gasteiger partial charge in [-0.05, 0) is 12.1 Å². The zero-order chi connectivity index (χ0) is 13.4. The molecule has 0 amide bonds. The SMILES string of the molecule is ON(O)c1cccc2c1nc(-c1ccccc1)n2O. The summed E-state index contributed by atoms with van der Waals surface area (Å²) in [6, 6.07) is 13.9. The molecule has 0 saturated carbocycles. The van der Waals surface area contributed by atoms with Crippen LogP contribution in [-0.4, -0.2) is 25.3 Å². The lowest BCUT2D eigenvalue weighted by Crippen LogP contribution is -2.11. The van der Waals surface area contributed by atoms with Crippen molar-refractivity contribution in [3.63, 3.8) is 0 Å². The lowest BCUT2D eigenvalue weighted by atomic mass is 10.2. The number of hydrogen-bond donors (Lipinski definition) is 3. The maximum absolute atomic E-state index is 10.1. The number of rotatable bonds is 2. The molecule has 0 aliphatic carbocycles. The molecule has 1 aromatic heterocycles. The van der Waals surface area contributed by atoms with E-state index in [9.17, 15) is 5.21 Å². The van der Waals surface area contributed by atoms with Crippen LogP contribution in [0.25, 0.3) is 22.4 Å². The number of anilines is 1. The van der Waals surface area contributed by atoms with Gasteiger partial charge in [-0.1, -0.05) is 36.4 Å². The molecule has 3 N–H and O–H groups in total. The normalized spacial score (nSPS) is 10.8. The Kier molecular flexibility index (Phi) is 2.59. The van der Waals surface area contributed by atoms with Crippen LogP contribution in [0, 0.1) is 0 Å². The van der Waals surface area contributed by atoms with Gasteiger partial charge in [-0.15, -0.1) is 5.23 Å². The number of aromatic nitrogens is 2. The summed E-state index contributed by atoms with van der Waals surface area (Å²) in [5.41, 5.74) is 1.52. The molecule has 0 aliphatic heterocycles. The summed E-state index contributed by atoms with van der Waals surface area (Å²) in [7, 11) is 0. The zero-order valence-corrected chi connectivity index (χ0v) is 9.80. The second-order valence-electron chi connectivity index (χ2n) is 4.05. The fourth-order valence-electron chi connectivity index (χ4n) is 2.01. The van der Waals surface area contributed by atoms with E-state index in [0.717, 1.165) is 10.3 Å². The summed E-state index contributed by atoms with van der Waals surface area (Å²) in [6.45, 7) is 0. The predicted octanol–water partition coefficient (Wildman–Crippen LogP) is 2.53. The molecular weight excluding hydrogens is 246 g/mol. The molecule has 0 atom stereocenters. The van der Waals surface area contributed by atoms with E-state index >= 15 is 0 Å². The minimum absolute atomic E-state index is 0.00981. The zero-order valence-electron chi connectivity index (χ0n) is 9.80. The molecule has 0 aliphatic rings. The summed E-state index contributed by atoms with van der Waals surface area (Å²) in [5, 5.41) is 28.4. The molecule has 0 fully saturated rings. The van der Waals surface area contributed by atoms with Crippen molar-refractivity contribution >= 4 is 16.7 Å². The van der Waals surface area contributed by atoms with Gasteiger partial charge in [0.05, 0.1) is 0 Å². The van der Waals surface area contributed by atoms with Crippen molar-refractivity contribution in [1.82, 2.24) is 9.71 Å². The van der Waals surface area contributed by atoms with Gasteiger partial charge in [0.15, 0.2) is 5.82 Å². The van der Waals surface area contributed by atoms with Crippen LogP contribution in [0.15, 0.2) is 48.5 Å². The molecule has 2 aromatic carbocycles. The molecule has 0 bridgehead atoms. The number of nitrogens with zero attached hydrogens (tertiary/aromatic N) is 3. The lowest BCUT2D eigenvalue weighted by Gasteiger charge is -2.07. The first-order valence-corrected chi connectivity index (χ1v) is 5.62. The van der Waals surface area contributed by atoms with Crippen molar-refractivity contribution in [1.29, 1.82) is 0 Å². The van der Waals surface area contributed by atoms with Gasteiger partial charge in [0, 0.05) is 5.56 Å². The molecule has 6 nitrogen and oxygen atoms in total. The van der Waals surface area contributed by atoms with E-state index in [4.69, 9.17) is 10.4 Å². The fraction of sp³-hybridized carbons (Fsp3) is 0. The average Bonchev–Trinajstić information content (AvgIpc) is 2.77. The first-order chi connectivity index (χ1) is 9.18. The standard InChI is InChI=1S/C13H11N3O3/c17-15-10-7-4-8-11(16(18)19)12(10)14-13(15)9-5-2-1-3-6-9/h1-8,17-19H. The first kappa shape index (κ1) is 11.5. The minimum Gasteiger partial charge on any atom is -0.426 e. The molecule has 96 valence electrons. The third-order valence-electron chi connectivity index (χ3n) is 2.89. The van der Waals surface area contributed by atoms with Gasteiger partial charge in [0.2, 0.25) is 0 Å². The van der Waals surface area contributed by atoms with Crippen molar-refractivity contribution in [3.05, 3.63) is 48.5 Å². The van der Waals surface area contributed by atoms with Gasteiger partial charge in [-0.3, -0.25) is 10.4 Å². The highest BCUT2D eigenvalue weighted by atomic mass is 16.8. The molecule has 0 unspecified atom stereocenters. The van der Waals surface area contributed by atoms with Crippen molar-refractivity contribution in [3.8, 4) is 11.4 Å². The Morgan fingerprint density at radius 1 is 0.947 bits per heavy atom. The molecular formula is C13H11N3O3. The quantitative estimate of drug-likeness (QED) is 0.485. The van der Waals surface area contributed by atoms with Crippen molar-refractivity contribution in [2.45, 2.75) is 0 Å². The van der Waals surface area contributed by atoms with E-state index in [1.54, 1.807) is 12.1 Å². The summed E-state index contributed by atoms with van der Waals surface area (Å²) in [6.07, 6.45) is 0. The van der Waals surface area contributed by atoms with Gasteiger partial charge in [0.25, 0.3) is 0 Å². The van der Waals surface area contributed by atoms with Crippen LogP contribution >= 0.6 is 0 Å². The van der Waals surface area contributed by atoms with Crippen LogP contribution in [0.4, 0.5) is 5.69 Å². The highest BCUT2D eigenvalue weighted by Crippen LogP contribution is 2.28. The maximum atomic E-state index is 10.1. The predicted molar refractivity (Wildman–Crippen MR) is 68.4 cm³/mol. The fourth-order valence-corrected chi connectivity index (χ4v) is 2.01. The monoisotopic (exact) mass is 257 g/mol. The third-order valence-corrected chi connectivity index (χ3v) is 2.89. The van der Waals surface area contributed by atoms with E-state index in [1.807, 2.05) is 30.3 Å². The van der Waals surface area contributed by atoms with Crippen LogP contribution in [0.3, 0.4) is 0 Å². The molecule has 0 spiro atoms. The van der Waals surface area contributed by atoms with Gasteiger partial charge < -0.3 is 5.21 Å². The Hall–Kier alpha value is -2.57. The Balaban J connectivity index is 2.29. The van der Waals surface area contributed by atoms with E-state index in [1.165, 1.54) is 6.07 Å². The van der Waals surface area contributed by atoms with E-state index in [2.05, 4.69) is 4.98 Å². The third kappa shape index (κ3) is 1.79. The molecule has 0 saturated heterocycles. The van der Waals surface area contributed by atoms with E-state index in [0.29, 0.717) is 16.9 Å². The molecule has 3 rings (SSSR count). The smallest absolute Gasteiger partial charge is 0.176 e.